The van der Waals surface area contributed by atoms with Gasteiger partial charge in [-0.3, -0.25) is 0 Å². The molecule has 0 saturated carbocycles. The summed E-state index contributed by atoms with van der Waals surface area (Å²) < 4.78 is 1.76. The van der Waals surface area contributed by atoms with Crippen molar-refractivity contribution in [2.45, 2.75) is 19.3 Å². The van der Waals surface area contributed by atoms with E-state index < -0.39 is 0 Å². The molecular formula is C10H15N7. The number of nitrogens with zero attached hydrogens (tertiary/aromatic N) is 5. The highest BCUT2D eigenvalue weighted by Gasteiger charge is 2.16. The van der Waals surface area contributed by atoms with E-state index in [1.165, 1.54) is 25.6 Å². The average molecular weight is 233 g/mol. The van der Waals surface area contributed by atoms with Gasteiger partial charge in [-0.15, -0.1) is 0 Å². The first-order chi connectivity index (χ1) is 8.38. The highest BCUT2D eigenvalue weighted by atomic mass is 15.4. The molecule has 3 heterocycles. The molecule has 17 heavy (non-hydrogen) atoms. The minimum absolute atomic E-state index is 0.570. The molecule has 0 spiro atoms. The summed E-state index contributed by atoms with van der Waals surface area (Å²) >= 11 is 0. The minimum atomic E-state index is 0.570. The second-order valence-electron chi connectivity index (χ2n) is 4.16. The molecule has 1 saturated heterocycles. The van der Waals surface area contributed by atoms with Crippen LogP contribution in [0.5, 0.6) is 0 Å². The molecule has 0 unspecified atom stereocenters. The van der Waals surface area contributed by atoms with Crippen molar-refractivity contribution >= 4 is 17.4 Å². The van der Waals surface area contributed by atoms with Crippen LogP contribution in [-0.2, 0) is 0 Å². The highest BCUT2D eigenvalue weighted by Crippen LogP contribution is 2.21. The third kappa shape index (κ3) is 1.78. The Bertz CT molecular complexity index is 514. The fraction of sp³-hybridized carbons (Fsp3) is 0.500. The van der Waals surface area contributed by atoms with Crippen LogP contribution >= 0.6 is 0 Å². The molecule has 2 aromatic rings. The Hall–Kier alpha value is -1.89. The lowest BCUT2D eigenvalue weighted by Gasteiger charge is -2.28. The van der Waals surface area contributed by atoms with Gasteiger partial charge in [-0.2, -0.15) is 19.6 Å². The SMILES string of the molecule is NNc1cc(N2CCCCC2)n2ncnc2n1. The number of hydrogen-bond acceptors (Lipinski definition) is 6. The van der Waals surface area contributed by atoms with Gasteiger partial charge in [0.2, 0.25) is 0 Å². The lowest BCUT2D eigenvalue weighted by Crippen LogP contribution is -2.31. The van der Waals surface area contributed by atoms with E-state index in [0.717, 1.165) is 18.9 Å². The monoisotopic (exact) mass is 233 g/mol. The van der Waals surface area contributed by atoms with Crippen LogP contribution in [0.3, 0.4) is 0 Å². The summed E-state index contributed by atoms with van der Waals surface area (Å²) in [4.78, 5) is 10.6. The predicted octanol–water partition coefficient (Wildman–Crippen LogP) is 0.400. The Morgan fingerprint density at radius 1 is 1.24 bits per heavy atom. The smallest absolute Gasteiger partial charge is 0.256 e. The minimum Gasteiger partial charge on any atom is -0.356 e. The molecule has 90 valence electrons. The maximum Gasteiger partial charge on any atom is 0.256 e. The standard InChI is InChI=1S/C10H15N7/c11-15-8-6-9(16-4-2-1-3-5-16)17-10(14-8)12-7-13-17/h6-7H,1-5,11H2,(H,12,13,14,15). The number of piperidine rings is 1. The Kier molecular flexibility index (Phi) is 2.52. The summed E-state index contributed by atoms with van der Waals surface area (Å²) in [5.74, 6) is 7.61. The van der Waals surface area contributed by atoms with Crippen LogP contribution in [0.2, 0.25) is 0 Å². The van der Waals surface area contributed by atoms with Crippen LogP contribution in [0, 0.1) is 0 Å². The summed E-state index contributed by atoms with van der Waals surface area (Å²) in [6.45, 7) is 2.09. The Morgan fingerprint density at radius 2 is 2.06 bits per heavy atom. The molecule has 3 N–H and O–H groups in total. The van der Waals surface area contributed by atoms with Crippen molar-refractivity contribution in [2.24, 2.45) is 5.84 Å². The van der Waals surface area contributed by atoms with Gasteiger partial charge in [0.25, 0.3) is 5.78 Å². The quantitative estimate of drug-likeness (QED) is 0.577. The van der Waals surface area contributed by atoms with Crippen LogP contribution in [0.15, 0.2) is 12.4 Å². The van der Waals surface area contributed by atoms with Gasteiger partial charge in [0.1, 0.15) is 18.0 Å². The van der Waals surface area contributed by atoms with Gasteiger partial charge >= 0.3 is 0 Å². The molecule has 0 aromatic carbocycles. The summed E-state index contributed by atoms with van der Waals surface area (Å²) in [6.07, 6.45) is 5.23. The summed E-state index contributed by atoms with van der Waals surface area (Å²) in [5.41, 5.74) is 2.57. The molecule has 3 rings (SSSR count). The van der Waals surface area contributed by atoms with E-state index >= 15 is 0 Å². The third-order valence-electron chi connectivity index (χ3n) is 3.06. The van der Waals surface area contributed by atoms with Gasteiger partial charge in [-0.05, 0) is 19.3 Å². The zero-order valence-corrected chi connectivity index (χ0v) is 9.50. The fourth-order valence-corrected chi connectivity index (χ4v) is 2.22. The van der Waals surface area contributed by atoms with Gasteiger partial charge < -0.3 is 10.3 Å². The topological polar surface area (TPSA) is 84.4 Å². The first kappa shape index (κ1) is 10.3. The second-order valence-corrected chi connectivity index (χ2v) is 4.16. The van der Waals surface area contributed by atoms with E-state index in [1.54, 1.807) is 4.52 Å². The van der Waals surface area contributed by atoms with E-state index in [2.05, 4.69) is 25.4 Å². The van der Waals surface area contributed by atoms with Crippen LogP contribution in [0.4, 0.5) is 11.6 Å². The van der Waals surface area contributed by atoms with Gasteiger partial charge in [0.05, 0.1) is 0 Å². The van der Waals surface area contributed by atoms with Crippen molar-refractivity contribution in [2.75, 3.05) is 23.4 Å². The van der Waals surface area contributed by atoms with E-state index in [-0.39, 0.29) is 0 Å². The lowest BCUT2D eigenvalue weighted by atomic mass is 10.1. The van der Waals surface area contributed by atoms with Gasteiger partial charge in [-0.1, -0.05) is 0 Å². The van der Waals surface area contributed by atoms with Crippen LogP contribution in [0.25, 0.3) is 5.78 Å². The molecule has 0 bridgehead atoms. The molecule has 1 fully saturated rings. The van der Waals surface area contributed by atoms with E-state index in [1.807, 2.05) is 6.07 Å². The van der Waals surface area contributed by atoms with Crippen LogP contribution < -0.4 is 16.2 Å². The van der Waals surface area contributed by atoms with E-state index in [9.17, 15) is 0 Å². The number of nitrogen functional groups attached to an aromatic ring is 1. The van der Waals surface area contributed by atoms with Crippen LogP contribution in [0.1, 0.15) is 19.3 Å². The molecule has 2 aromatic heterocycles. The Labute approximate surface area is 98.6 Å². The van der Waals surface area contributed by atoms with Crippen molar-refractivity contribution in [1.29, 1.82) is 0 Å². The second kappa shape index (κ2) is 4.17. The maximum absolute atomic E-state index is 5.42. The number of nitrogens with one attached hydrogen (secondary N) is 1. The highest BCUT2D eigenvalue weighted by molar-refractivity contribution is 5.55. The van der Waals surface area contributed by atoms with Gasteiger partial charge in [0, 0.05) is 19.2 Å². The number of anilines is 2. The molecule has 1 aliphatic heterocycles. The lowest BCUT2D eigenvalue weighted by molar-refractivity contribution is 0.568. The fourth-order valence-electron chi connectivity index (χ4n) is 2.22. The summed E-state index contributed by atoms with van der Waals surface area (Å²) in [7, 11) is 0. The molecular weight excluding hydrogens is 218 g/mol. The Morgan fingerprint density at radius 3 is 2.82 bits per heavy atom. The number of hydrazine groups is 1. The first-order valence-electron chi connectivity index (χ1n) is 5.81. The first-order valence-corrected chi connectivity index (χ1v) is 5.81. The van der Waals surface area contributed by atoms with Crippen molar-refractivity contribution < 1.29 is 0 Å². The van der Waals surface area contributed by atoms with Gasteiger partial charge in [-0.25, -0.2) is 5.84 Å². The molecule has 0 amide bonds. The Balaban J connectivity index is 2.08. The molecule has 0 aliphatic carbocycles. The number of hydrogen-bond donors (Lipinski definition) is 2. The molecule has 7 heteroatoms. The summed E-state index contributed by atoms with van der Waals surface area (Å²) in [6, 6.07) is 1.91. The number of fused-ring (bicyclic) bond motifs is 1. The van der Waals surface area contributed by atoms with E-state index in [4.69, 9.17) is 5.84 Å². The number of rotatable bonds is 2. The van der Waals surface area contributed by atoms with Crippen molar-refractivity contribution in [3.8, 4) is 0 Å². The molecule has 0 atom stereocenters. The largest absolute Gasteiger partial charge is 0.356 e. The van der Waals surface area contributed by atoms with Crippen LogP contribution in [-0.4, -0.2) is 32.7 Å². The molecule has 0 radical (unpaired) electrons. The third-order valence-corrected chi connectivity index (χ3v) is 3.06. The number of aromatic nitrogens is 4. The van der Waals surface area contributed by atoms with Crippen molar-refractivity contribution in [3.05, 3.63) is 12.4 Å². The normalized spacial score (nSPS) is 16.4. The maximum atomic E-state index is 5.42. The predicted molar refractivity (Wildman–Crippen MR) is 64.7 cm³/mol. The van der Waals surface area contributed by atoms with E-state index in [0.29, 0.717) is 11.6 Å². The number of nitrogens with two attached hydrogens (primary N) is 1. The zero-order valence-electron chi connectivity index (χ0n) is 9.50. The van der Waals surface area contributed by atoms with Gasteiger partial charge in [0.15, 0.2) is 0 Å². The van der Waals surface area contributed by atoms with Crippen molar-refractivity contribution in [1.82, 2.24) is 19.6 Å². The average Bonchev–Trinajstić information content (AvgIpc) is 2.86. The van der Waals surface area contributed by atoms with Crippen molar-refractivity contribution in [3.63, 3.8) is 0 Å². The molecule has 7 nitrogen and oxygen atoms in total. The molecule has 1 aliphatic rings. The zero-order chi connectivity index (χ0) is 11.7. The summed E-state index contributed by atoms with van der Waals surface area (Å²) in [5, 5.41) is 4.20.